The molecule has 0 aliphatic carbocycles. The zero-order valence-electron chi connectivity index (χ0n) is 10.7. The number of carboxylic acid groups (broad SMARTS) is 1. The van der Waals surface area contributed by atoms with Gasteiger partial charge in [-0.25, -0.2) is 9.78 Å². The highest BCUT2D eigenvalue weighted by atomic mass is 16.6. The average molecular weight is 253 g/mol. The van der Waals surface area contributed by atoms with Gasteiger partial charge in [0.05, 0.1) is 4.92 Å². The van der Waals surface area contributed by atoms with E-state index >= 15 is 0 Å². The van der Waals surface area contributed by atoms with Crippen LogP contribution in [0.3, 0.4) is 0 Å². The molecule has 0 radical (unpaired) electrons. The van der Waals surface area contributed by atoms with Gasteiger partial charge >= 0.3 is 5.97 Å². The first-order valence-corrected chi connectivity index (χ1v) is 5.26. The molecule has 0 unspecified atom stereocenters. The summed E-state index contributed by atoms with van der Waals surface area (Å²) in [4.78, 5) is 26.7. The van der Waals surface area contributed by atoms with Gasteiger partial charge in [0.15, 0.2) is 0 Å². The highest BCUT2D eigenvalue weighted by molar-refractivity contribution is 5.82. The normalized spacial score (nSPS) is 11.1. The van der Waals surface area contributed by atoms with Crippen molar-refractivity contribution < 1.29 is 14.8 Å². The van der Waals surface area contributed by atoms with Gasteiger partial charge < -0.3 is 10.0 Å². The van der Waals surface area contributed by atoms with E-state index in [0.717, 1.165) is 6.20 Å². The maximum absolute atomic E-state index is 11.1. The second-order valence-corrected chi connectivity index (χ2v) is 4.51. The number of rotatable bonds is 4. The van der Waals surface area contributed by atoms with E-state index in [1.54, 1.807) is 14.0 Å². The molecular formula is C11H15N3O4. The number of likely N-dealkylation sites (N-methyl/N-ethyl adjacent to an activating group) is 1. The third kappa shape index (κ3) is 2.39. The number of aliphatic carboxylic acids is 1. The molecule has 18 heavy (non-hydrogen) atoms. The monoisotopic (exact) mass is 253 g/mol. The molecule has 0 atom stereocenters. The van der Waals surface area contributed by atoms with Gasteiger partial charge in [0.2, 0.25) is 0 Å². The molecule has 0 aliphatic rings. The summed E-state index contributed by atoms with van der Waals surface area (Å²) in [6.45, 7) is 4.74. The number of hydrogen-bond acceptors (Lipinski definition) is 5. The molecule has 0 spiro atoms. The third-order valence-corrected chi connectivity index (χ3v) is 2.93. The Morgan fingerprint density at radius 2 is 2.11 bits per heavy atom. The van der Waals surface area contributed by atoms with Crippen LogP contribution in [0.5, 0.6) is 0 Å². The maximum Gasteiger partial charge on any atom is 0.328 e. The van der Waals surface area contributed by atoms with E-state index in [1.807, 2.05) is 0 Å². The van der Waals surface area contributed by atoms with Crippen LogP contribution in [0.1, 0.15) is 19.4 Å². The van der Waals surface area contributed by atoms with E-state index in [0.29, 0.717) is 11.4 Å². The van der Waals surface area contributed by atoms with Crippen LogP contribution in [0.2, 0.25) is 0 Å². The van der Waals surface area contributed by atoms with Crippen LogP contribution in [0.25, 0.3) is 0 Å². The van der Waals surface area contributed by atoms with Crippen LogP contribution in [-0.2, 0) is 4.79 Å². The number of nitro groups is 1. The quantitative estimate of drug-likeness (QED) is 0.646. The van der Waals surface area contributed by atoms with Crippen LogP contribution < -0.4 is 4.90 Å². The smallest absolute Gasteiger partial charge is 0.328 e. The topological polar surface area (TPSA) is 96.6 Å². The van der Waals surface area contributed by atoms with Crippen LogP contribution in [0.4, 0.5) is 11.5 Å². The fraction of sp³-hybridized carbons (Fsp3) is 0.455. The molecule has 0 saturated heterocycles. The summed E-state index contributed by atoms with van der Waals surface area (Å²) in [5, 5.41) is 19.7. The first-order chi connectivity index (χ1) is 8.17. The predicted octanol–water partition coefficient (Wildman–Crippen LogP) is 1.60. The molecular weight excluding hydrogens is 238 g/mol. The Morgan fingerprint density at radius 3 is 2.50 bits per heavy atom. The minimum Gasteiger partial charge on any atom is -0.480 e. The third-order valence-electron chi connectivity index (χ3n) is 2.93. The minimum absolute atomic E-state index is 0.113. The Kier molecular flexibility index (Phi) is 3.54. The summed E-state index contributed by atoms with van der Waals surface area (Å²) in [6.07, 6.45) is 1.12. The summed E-state index contributed by atoms with van der Waals surface area (Å²) < 4.78 is 0. The summed E-state index contributed by atoms with van der Waals surface area (Å²) >= 11 is 0. The van der Waals surface area contributed by atoms with Gasteiger partial charge in [0, 0.05) is 13.1 Å². The molecule has 1 rings (SSSR count). The van der Waals surface area contributed by atoms with Gasteiger partial charge in [-0.2, -0.15) is 0 Å². The van der Waals surface area contributed by atoms with Gasteiger partial charge in [-0.05, 0) is 26.3 Å². The number of hydrogen-bond donors (Lipinski definition) is 1. The number of carboxylic acids is 1. The van der Waals surface area contributed by atoms with Crippen LogP contribution in [-0.4, -0.2) is 33.6 Å². The molecule has 1 aromatic heterocycles. The molecule has 7 nitrogen and oxygen atoms in total. The zero-order valence-corrected chi connectivity index (χ0v) is 10.7. The molecule has 0 fully saturated rings. The van der Waals surface area contributed by atoms with E-state index in [-0.39, 0.29) is 5.69 Å². The van der Waals surface area contributed by atoms with Gasteiger partial charge in [-0.3, -0.25) is 10.1 Å². The van der Waals surface area contributed by atoms with E-state index in [9.17, 15) is 14.9 Å². The summed E-state index contributed by atoms with van der Waals surface area (Å²) in [5.74, 6) is -0.586. The standard InChI is InChI=1S/C11H15N3O4/c1-7-5-8(14(17)18)6-12-9(7)13(4)11(2,3)10(15)16/h5-6H,1-4H3,(H,15,16). The first-order valence-electron chi connectivity index (χ1n) is 5.26. The van der Waals surface area contributed by atoms with Gasteiger partial charge in [-0.15, -0.1) is 0 Å². The lowest BCUT2D eigenvalue weighted by Gasteiger charge is -2.33. The Morgan fingerprint density at radius 1 is 1.56 bits per heavy atom. The molecule has 1 heterocycles. The van der Waals surface area contributed by atoms with Gasteiger partial charge in [0.25, 0.3) is 5.69 Å². The van der Waals surface area contributed by atoms with Crippen LogP contribution in [0.15, 0.2) is 12.3 Å². The molecule has 0 saturated carbocycles. The van der Waals surface area contributed by atoms with Crippen LogP contribution in [0, 0.1) is 17.0 Å². The largest absolute Gasteiger partial charge is 0.480 e. The molecule has 98 valence electrons. The number of carbonyl (C=O) groups is 1. The molecule has 0 aromatic carbocycles. The fourth-order valence-corrected chi connectivity index (χ4v) is 1.41. The Hall–Kier alpha value is -2.18. The fourth-order valence-electron chi connectivity index (χ4n) is 1.41. The SMILES string of the molecule is Cc1cc([N+](=O)[O-])cnc1N(C)C(C)(C)C(=O)O. The number of pyridine rings is 1. The van der Waals surface area contributed by atoms with E-state index in [1.165, 1.54) is 24.8 Å². The number of anilines is 1. The molecule has 1 N–H and O–H groups in total. The van der Waals surface area contributed by atoms with Crippen molar-refractivity contribution in [3.63, 3.8) is 0 Å². The lowest BCUT2D eigenvalue weighted by molar-refractivity contribution is -0.385. The number of aryl methyl sites for hydroxylation is 1. The lowest BCUT2D eigenvalue weighted by Crippen LogP contribution is -2.48. The van der Waals surface area contributed by atoms with E-state index in [4.69, 9.17) is 5.11 Å². The Labute approximate surface area is 104 Å². The highest BCUT2D eigenvalue weighted by Gasteiger charge is 2.33. The molecule has 0 amide bonds. The summed E-state index contributed by atoms with van der Waals surface area (Å²) in [7, 11) is 1.59. The van der Waals surface area contributed by atoms with Crippen molar-refractivity contribution in [2.45, 2.75) is 26.3 Å². The molecule has 0 bridgehead atoms. The second kappa shape index (κ2) is 4.59. The minimum atomic E-state index is -1.14. The Bertz CT molecular complexity index is 499. The van der Waals surface area contributed by atoms with Crippen LogP contribution >= 0.6 is 0 Å². The van der Waals surface area contributed by atoms with Crippen molar-refractivity contribution in [3.05, 3.63) is 27.9 Å². The van der Waals surface area contributed by atoms with Crippen molar-refractivity contribution in [1.29, 1.82) is 0 Å². The lowest BCUT2D eigenvalue weighted by atomic mass is 10.0. The first kappa shape index (κ1) is 13.9. The van der Waals surface area contributed by atoms with Gasteiger partial charge in [-0.1, -0.05) is 0 Å². The average Bonchev–Trinajstić information content (AvgIpc) is 2.27. The summed E-state index contributed by atoms with van der Waals surface area (Å²) in [6, 6.07) is 1.37. The van der Waals surface area contributed by atoms with Crippen molar-refractivity contribution >= 4 is 17.5 Å². The van der Waals surface area contributed by atoms with Crippen molar-refractivity contribution in [1.82, 2.24) is 4.98 Å². The molecule has 1 aromatic rings. The highest BCUT2D eigenvalue weighted by Crippen LogP contribution is 2.26. The van der Waals surface area contributed by atoms with Crippen molar-refractivity contribution in [2.75, 3.05) is 11.9 Å². The molecule has 7 heteroatoms. The predicted molar refractivity (Wildman–Crippen MR) is 65.7 cm³/mol. The maximum atomic E-state index is 11.1. The number of nitrogens with zero attached hydrogens (tertiary/aromatic N) is 3. The number of aromatic nitrogens is 1. The van der Waals surface area contributed by atoms with Gasteiger partial charge in [0.1, 0.15) is 17.6 Å². The van der Waals surface area contributed by atoms with Crippen molar-refractivity contribution in [3.8, 4) is 0 Å². The zero-order chi connectivity index (χ0) is 14.1. The molecule has 0 aliphatic heterocycles. The Balaban J connectivity index is 3.19. The summed E-state index contributed by atoms with van der Waals surface area (Å²) in [5.41, 5.74) is -0.702. The van der Waals surface area contributed by atoms with Crippen molar-refractivity contribution in [2.24, 2.45) is 0 Å². The second-order valence-electron chi connectivity index (χ2n) is 4.51. The van der Waals surface area contributed by atoms with E-state index in [2.05, 4.69) is 4.98 Å². The van der Waals surface area contributed by atoms with E-state index < -0.39 is 16.4 Å².